The summed E-state index contributed by atoms with van der Waals surface area (Å²) in [6.07, 6.45) is 1.85. The Morgan fingerprint density at radius 1 is 1.57 bits per heavy atom. The summed E-state index contributed by atoms with van der Waals surface area (Å²) in [6, 6.07) is 6.20. The fraction of sp³-hybridized carbons (Fsp3) is 0.400. The first-order valence-electron chi connectivity index (χ1n) is 4.57. The second kappa shape index (κ2) is 5.71. The Morgan fingerprint density at radius 3 is 2.79 bits per heavy atom. The van der Waals surface area contributed by atoms with Crippen molar-refractivity contribution < 1.29 is 0 Å². The highest BCUT2D eigenvalue weighted by molar-refractivity contribution is 9.10. The van der Waals surface area contributed by atoms with Crippen LogP contribution in [0.2, 0.25) is 5.02 Å². The Hall–Kier alpha value is -0.0900. The minimum Gasteiger partial charge on any atom is -0.271 e. The second-order valence-electron chi connectivity index (χ2n) is 3.21. The van der Waals surface area contributed by atoms with Crippen LogP contribution in [0.1, 0.15) is 18.9 Å². The standard InChI is InChI=1S/C10H14BrClN2/c1-2-9(14-13)5-7-3-4-8(11)6-10(7)12/h3-4,6,9,14H,2,5,13H2,1H3. The molecule has 0 saturated carbocycles. The number of nitrogens with one attached hydrogen (secondary N) is 1. The van der Waals surface area contributed by atoms with Crippen LogP contribution in [-0.4, -0.2) is 6.04 Å². The quantitative estimate of drug-likeness (QED) is 0.656. The third-order valence-electron chi connectivity index (χ3n) is 2.21. The zero-order chi connectivity index (χ0) is 10.6. The van der Waals surface area contributed by atoms with Gasteiger partial charge in [-0.15, -0.1) is 0 Å². The van der Waals surface area contributed by atoms with E-state index < -0.39 is 0 Å². The molecule has 1 atom stereocenters. The number of hydrazine groups is 1. The zero-order valence-corrected chi connectivity index (χ0v) is 10.4. The van der Waals surface area contributed by atoms with Crippen molar-refractivity contribution in [2.24, 2.45) is 5.84 Å². The predicted molar refractivity (Wildman–Crippen MR) is 64.3 cm³/mol. The molecule has 0 saturated heterocycles. The molecule has 1 rings (SSSR count). The van der Waals surface area contributed by atoms with Crippen molar-refractivity contribution in [3.63, 3.8) is 0 Å². The SMILES string of the molecule is CCC(Cc1ccc(Br)cc1Cl)NN. The number of nitrogens with two attached hydrogens (primary N) is 1. The summed E-state index contributed by atoms with van der Waals surface area (Å²) in [5.41, 5.74) is 3.90. The number of halogens is 2. The normalized spacial score (nSPS) is 12.9. The molecule has 0 radical (unpaired) electrons. The average molecular weight is 278 g/mol. The van der Waals surface area contributed by atoms with E-state index in [2.05, 4.69) is 28.3 Å². The van der Waals surface area contributed by atoms with Crippen LogP contribution in [0.25, 0.3) is 0 Å². The molecule has 0 aliphatic rings. The Morgan fingerprint density at radius 2 is 2.29 bits per heavy atom. The van der Waals surface area contributed by atoms with Crippen molar-refractivity contribution in [3.8, 4) is 0 Å². The Labute approximate surface area is 97.9 Å². The minimum absolute atomic E-state index is 0.286. The van der Waals surface area contributed by atoms with Gasteiger partial charge in [0.2, 0.25) is 0 Å². The van der Waals surface area contributed by atoms with E-state index in [1.807, 2.05) is 18.2 Å². The highest BCUT2D eigenvalue weighted by Crippen LogP contribution is 2.22. The maximum Gasteiger partial charge on any atom is 0.0449 e. The van der Waals surface area contributed by atoms with Crippen LogP contribution >= 0.6 is 27.5 Å². The molecule has 0 aliphatic carbocycles. The second-order valence-corrected chi connectivity index (χ2v) is 4.53. The molecule has 0 aromatic heterocycles. The number of hydrogen-bond donors (Lipinski definition) is 2. The van der Waals surface area contributed by atoms with Crippen LogP contribution in [-0.2, 0) is 6.42 Å². The van der Waals surface area contributed by atoms with Crippen LogP contribution in [0, 0.1) is 0 Å². The molecule has 0 spiro atoms. The fourth-order valence-corrected chi connectivity index (χ4v) is 2.02. The summed E-state index contributed by atoms with van der Waals surface area (Å²) >= 11 is 9.46. The molecular weight excluding hydrogens is 263 g/mol. The molecule has 78 valence electrons. The predicted octanol–water partition coefficient (Wildman–Crippen LogP) is 2.89. The maximum atomic E-state index is 6.09. The van der Waals surface area contributed by atoms with Gasteiger partial charge in [0.05, 0.1) is 0 Å². The Bertz CT molecular complexity index is 300. The number of hydrogen-bond acceptors (Lipinski definition) is 2. The van der Waals surface area contributed by atoms with E-state index in [1.165, 1.54) is 0 Å². The lowest BCUT2D eigenvalue weighted by Crippen LogP contribution is -2.36. The summed E-state index contributed by atoms with van der Waals surface area (Å²) in [6.45, 7) is 2.09. The first-order chi connectivity index (χ1) is 6.67. The van der Waals surface area contributed by atoms with Crippen molar-refractivity contribution >= 4 is 27.5 Å². The topological polar surface area (TPSA) is 38.0 Å². The van der Waals surface area contributed by atoms with Gasteiger partial charge in [-0.3, -0.25) is 11.3 Å². The first kappa shape index (κ1) is 12.0. The summed E-state index contributed by atoms with van der Waals surface area (Å²) in [5, 5.41) is 0.785. The van der Waals surface area contributed by atoms with Crippen LogP contribution < -0.4 is 11.3 Å². The summed E-state index contributed by atoms with van der Waals surface area (Å²) in [7, 11) is 0. The molecule has 0 aliphatic heterocycles. The molecule has 0 fully saturated rings. The minimum atomic E-state index is 0.286. The molecule has 0 bridgehead atoms. The van der Waals surface area contributed by atoms with Crippen molar-refractivity contribution in [2.45, 2.75) is 25.8 Å². The smallest absolute Gasteiger partial charge is 0.0449 e. The Balaban J connectivity index is 2.76. The van der Waals surface area contributed by atoms with Gasteiger partial charge in [-0.05, 0) is 30.5 Å². The van der Waals surface area contributed by atoms with E-state index in [0.29, 0.717) is 0 Å². The van der Waals surface area contributed by atoms with Crippen molar-refractivity contribution in [3.05, 3.63) is 33.3 Å². The first-order valence-corrected chi connectivity index (χ1v) is 5.74. The number of rotatable bonds is 4. The lowest BCUT2D eigenvalue weighted by atomic mass is 10.0. The van der Waals surface area contributed by atoms with E-state index in [9.17, 15) is 0 Å². The van der Waals surface area contributed by atoms with Crippen LogP contribution in [0.15, 0.2) is 22.7 Å². The summed E-state index contributed by atoms with van der Waals surface area (Å²) in [5.74, 6) is 5.41. The van der Waals surface area contributed by atoms with E-state index in [-0.39, 0.29) is 6.04 Å². The van der Waals surface area contributed by atoms with Gasteiger partial charge >= 0.3 is 0 Å². The van der Waals surface area contributed by atoms with E-state index >= 15 is 0 Å². The van der Waals surface area contributed by atoms with Crippen LogP contribution in [0.3, 0.4) is 0 Å². The van der Waals surface area contributed by atoms with Gasteiger partial charge < -0.3 is 0 Å². The number of benzene rings is 1. The van der Waals surface area contributed by atoms with Gasteiger partial charge in [0.25, 0.3) is 0 Å². The van der Waals surface area contributed by atoms with Gasteiger partial charge in [0, 0.05) is 15.5 Å². The summed E-state index contributed by atoms with van der Waals surface area (Å²) < 4.78 is 1.00. The molecule has 1 aromatic carbocycles. The molecule has 2 nitrogen and oxygen atoms in total. The lowest BCUT2D eigenvalue weighted by molar-refractivity contribution is 0.511. The van der Waals surface area contributed by atoms with Crippen molar-refractivity contribution in [1.82, 2.24) is 5.43 Å². The van der Waals surface area contributed by atoms with Gasteiger partial charge in [-0.2, -0.15) is 0 Å². The largest absolute Gasteiger partial charge is 0.271 e. The molecule has 3 N–H and O–H groups in total. The molecule has 0 amide bonds. The monoisotopic (exact) mass is 276 g/mol. The van der Waals surface area contributed by atoms with E-state index in [0.717, 1.165) is 27.9 Å². The summed E-state index contributed by atoms with van der Waals surface area (Å²) in [4.78, 5) is 0. The lowest BCUT2D eigenvalue weighted by Gasteiger charge is -2.14. The van der Waals surface area contributed by atoms with Crippen molar-refractivity contribution in [1.29, 1.82) is 0 Å². The highest BCUT2D eigenvalue weighted by Gasteiger charge is 2.07. The highest BCUT2D eigenvalue weighted by atomic mass is 79.9. The Kier molecular flexibility index (Phi) is 4.89. The molecule has 14 heavy (non-hydrogen) atoms. The molecular formula is C10H14BrClN2. The maximum absolute atomic E-state index is 6.09. The van der Waals surface area contributed by atoms with Gasteiger partial charge in [-0.25, -0.2) is 0 Å². The third kappa shape index (κ3) is 3.24. The van der Waals surface area contributed by atoms with E-state index in [1.54, 1.807) is 0 Å². The molecule has 0 heterocycles. The molecule has 4 heteroatoms. The molecule has 1 aromatic rings. The van der Waals surface area contributed by atoms with Crippen molar-refractivity contribution in [2.75, 3.05) is 0 Å². The van der Waals surface area contributed by atoms with Gasteiger partial charge in [-0.1, -0.05) is 40.5 Å². The van der Waals surface area contributed by atoms with Crippen LogP contribution in [0.5, 0.6) is 0 Å². The average Bonchev–Trinajstić information content (AvgIpc) is 2.17. The van der Waals surface area contributed by atoms with Gasteiger partial charge in [0.1, 0.15) is 0 Å². The van der Waals surface area contributed by atoms with E-state index in [4.69, 9.17) is 17.4 Å². The zero-order valence-electron chi connectivity index (χ0n) is 8.06. The third-order valence-corrected chi connectivity index (χ3v) is 3.06. The molecule has 1 unspecified atom stereocenters. The van der Waals surface area contributed by atoms with Gasteiger partial charge in [0.15, 0.2) is 0 Å². The fourth-order valence-electron chi connectivity index (χ4n) is 1.27. The van der Waals surface area contributed by atoms with Crippen LogP contribution in [0.4, 0.5) is 0 Å².